The second kappa shape index (κ2) is 11.1. The molecule has 12 nitrogen and oxygen atoms in total. The van der Waals surface area contributed by atoms with E-state index >= 15 is 0 Å². The first kappa shape index (κ1) is 25.6. The summed E-state index contributed by atoms with van der Waals surface area (Å²) in [4.78, 5) is 44.9. The van der Waals surface area contributed by atoms with E-state index in [1.54, 1.807) is 0 Å². The highest BCUT2D eigenvalue weighted by atomic mass is 16.6. The van der Waals surface area contributed by atoms with Crippen molar-refractivity contribution < 1.29 is 29.3 Å². The summed E-state index contributed by atoms with van der Waals surface area (Å²) in [6.07, 6.45) is 8.89. The summed E-state index contributed by atoms with van der Waals surface area (Å²) in [7, 11) is 0. The molecule has 1 aromatic rings. The van der Waals surface area contributed by atoms with E-state index in [1.807, 2.05) is 0 Å². The van der Waals surface area contributed by atoms with Crippen molar-refractivity contribution >= 4 is 29.1 Å². The topological polar surface area (TPSA) is 174 Å². The maximum atomic E-state index is 12.5. The molecule has 1 amide bonds. The zero-order valence-corrected chi connectivity index (χ0v) is 20.0. The minimum Gasteiger partial charge on any atom is -0.480 e. The molecular weight excluding hydrogens is 472 g/mol. The van der Waals surface area contributed by atoms with Crippen LogP contribution in [-0.4, -0.2) is 46.2 Å². The van der Waals surface area contributed by atoms with E-state index in [2.05, 4.69) is 10.6 Å². The molecule has 0 aliphatic heterocycles. The number of nitro benzene ring substituents is 2. The average Bonchev–Trinajstić information content (AvgIpc) is 3.18. The SMILES string of the molecule is O=C(N[C@@H](CNc1ccc([N+](=O)[O-])cc1[N+](=O)[O-])C(=O)O)OCC1C2CCCCC2C2CCCCC21. The summed E-state index contributed by atoms with van der Waals surface area (Å²) >= 11 is 0. The van der Waals surface area contributed by atoms with Crippen LogP contribution in [0.25, 0.3) is 0 Å². The van der Waals surface area contributed by atoms with Crippen LogP contribution in [0.1, 0.15) is 51.4 Å². The summed E-state index contributed by atoms with van der Waals surface area (Å²) in [6, 6.07) is 1.58. The highest BCUT2D eigenvalue weighted by Gasteiger charge is 2.51. The van der Waals surface area contributed by atoms with Gasteiger partial charge in [0.2, 0.25) is 0 Å². The van der Waals surface area contributed by atoms with Crippen molar-refractivity contribution in [3.63, 3.8) is 0 Å². The molecule has 3 fully saturated rings. The van der Waals surface area contributed by atoms with Crippen LogP contribution >= 0.6 is 0 Å². The zero-order chi connectivity index (χ0) is 25.8. The van der Waals surface area contributed by atoms with Crippen molar-refractivity contribution in [2.45, 2.75) is 57.4 Å². The number of fused-ring (bicyclic) bond motifs is 3. The van der Waals surface area contributed by atoms with Gasteiger partial charge >= 0.3 is 12.1 Å². The lowest BCUT2D eigenvalue weighted by Gasteiger charge is -2.32. The fraction of sp³-hybridized carbons (Fsp3) is 0.667. The number of carbonyl (C=O) groups is 2. The number of amides is 1. The molecule has 5 atom stereocenters. The van der Waals surface area contributed by atoms with Gasteiger partial charge in [-0.1, -0.05) is 25.7 Å². The van der Waals surface area contributed by atoms with E-state index in [9.17, 15) is 34.9 Å². The Bertz CT molecular complexity index is 996. The highest BCUT2D eigenvalue weighted by molar-refractivity contribution is 5.80. The Kier molecular flexibility index (Phi) is 7.90. The maximum absolute atomic E-state index is 12.5. The lowest BCUT2D eigenvalue weighted by Crippen LogP contribution is -2.46. The van der Waals surface area contributed by atoms with Crippen LogP contribution in [0.3, 0.4) is 0 Å². The third-order valence-electron chi connectivity index (χ3n) is 8.28. The van der Waals surface area contributed by atoms with E-state index in [4.69, 9.17) is 4.74 Å². The number of carboxylic acid groups (broad SMARTS) is 1. The Morgan fingerprint density at radius 3 is 2.08 bits per heavy atom. The molecule has 196 valence electrons. The first-order valence-corrected chi connectivity index (χ1v) is 12.6. The highest BCUT2D eigenvalue weighted by Crippen LogP contribution is 2.57. The van der Waals surface area contributed by atoms with Crippen molar-refractivity contribution in [1.29, 1.82) is 0 Å². The zero-order valence-electron chi connectivity index (χ0n) is 20.0. The Balaban J connectivity index is 1.35. The molecule has 1 aromatic carbocycles. The average molecular weight is 505 g/mol. The van der Waals surface area contributed by atoms with E-state index < -0.39 is 39.3 Å². The van der Waals surface area contributed by atoms with Crippen molar-refractivity contribution in [2.24, 2.45) is 29.6 Å². The number of nitro groups is 2. The smallest absolute Gasteiger partial charge is 0.407 e. The third-order valence-corrected chi connectivity index (χ3v) is 8.28. The number of carboxylic acids is 1. The number of rotatable bonds is 9. The van der Waals surface area contributed by atoms with Crippen LogP contribution in [-0.2, 0) is 9.53 Å². The van der Waals surface area contributed by atoms with E-state index in [0.717, 1.165) is 31.0 Å². The maximum Gasteiger partial charge on any atom is 0.407 e. The quantitative estimate of drug-likeness (QED) is 0.326. The summed E-state index contributed by atoms with van der Waals surface area (Å²) in [5.74, 6) is 1.47. The van der Waals surface area contributed by atoms with Gasteiger partial charge in [-0.3, -0.25) is 20.2 Å². The van der Waals surface area contributed by atoms with Gasteiger partial charge < -0.3 is 20.5 Å². The van der Waals surface area contributed by atoms with Crippen LogP contribution in [0, 0.1) is 49.8 Å². The molecule has 0 spiro atoms. The minimum absolute atomic E-state index is 0.0929. The summed E-state index contributed by atoms with van der Waals surface area (Å²) in [6.45, 7) is -0.107. The molecule has 0 bridgehead atoms. The Hall–Kier alpha value is -3.44. The van der Waals surface area contributed by atoms with Crippen LogP contribution in [0.2, 0.25) is 0 Å². The molecule has 0 aromatic heterocycles. The number of nitrogens with zero attached hydrogens (tertiary/aromatic N) is 2. The molecule has 3 saturated carbocycles. The van der Waals surface area contributed by atoms with Crippen LogP contribution in [0.15, 0.2) is 18.2 Å². The van der Waals surface area contributed by atoms with Gasteiger partial charge in [-0.25, -0.2) is 9.59 Å². The number of non-ortho nitro benzene ring substituents is 1. The molecule has 3 aliphatic carbocycles. The van der Waals surface area contributed by atoms with Gasteiger partial charge in [0.1, 0.15) is 11.7 Å². The van der Waals surface area contributed by atoms with Gasteiger partial charge in [0.15, 0.2) is 0 Å². The molecule has 12 heteroatoms. The van der Waals surface area contributed by atoms with Gasteiger partial charge in [0, 0.05) is 12.6 Å². The molecule has 0 heterocycles. The normalized spacial score (nSPS) is 27.7. The number of ether oxygens (including phenoxy) is 1. The van der Waals surface area contributed by atoms with Crippen molar-refractivity contribution in [3.8, 4) is 0 Å². The van der Waals surface area contributed by atoms with Gasteiger partial charge in [0.05, 0.1) is 22.5 Å². The molecular formula is C24H32N4O8. The summed E-state index contributed by atoms with van der Waals surface area (Å²) in [5, 5.41) is 36.7. The number of anilines is 1. The van der Waals surface area contributed by atoms with Crippen molar-refractivity contribution in [3.05, 3.63) is 38.4 Å². The number of alkyl carbamates (subject to hydrolysis) is 1. The fourth-order valence-corrected chi connectivity index (χ4v) is 6.77. The molecule has 4 rings (SSSR count). The van der Waals surface area contributed by atoms with Crippen molar-refractivity contribution in [1.82, 2.24) is 5.32 Å². The third kappa shape index (κ3) is 5.52. The number of nitrogens with one attached hydrogen (secondary N) is 2. The summed E-state index contributed by atoms with van der Waals surface area (Å²) < 4.78 is 5.54. The Morgan fingerprint density at radius 1 is 0.972 bits per heavy atom. The second-order valence-electron chi connectivity index (χ2n) is 10.1. The predicted molar refractivity (Wildman–Crippen MR) is 129 cm³/mol. The molecule has 0 saturated heterocycles. The van der Waals surface area contributed by atoms with Gasteiger partial charge in [0.25, 0.3) is 11.4 Å². The lowest BCUT2D eigenvalue weighted by molar-refractivity contribution is -0.393. The van der Waals surface area contributed by atoms with Gasteiger partial charge in [-0.05, 0) is 61.3 Å². The monoisotopic (exact) mass is 504 g/mol. The summed E-state index contributed by atoms with van der Waals surface area (Å²) in [5.41, 5.74) is -1.12. The van der Waals surface area contributed by atoms with Crippen LogP contribution in [0.5, 0.6) is 0 Å². The molecule has 0 radical (unpaired) electrons. The van der Waals surface area contributed by atoms with E-state index in [0.29, 0.717) is 29.6 Å². The standard InChI is InChI=1S/C24H32N4O8/c29-23(30)21(12-25-20-10-9-14(27(32)33)11-22(20)28(34)35)26-24(31)36-13-19-17-7-3-1-5-15(17)16-6-2-4-8-18(16)19/h9-11,15-19,21,25H,1-8,12-13H2,(H,26,31)(H,29,30)/t15?,16?,17?,18?,19?,21-/m0/s1. The number of hydrogen-bond donors (Lipinski definition) is 3. The Morgan fingerprint density at radius 2 is 1.56 bits per heavy atom. The fourth-order valence-electron chi connectivity index (χ4n) is 6.77. The first-order chi connectivity index (χ1) is 17.3. The second-order valence-corrected chi connectivity index (χ2v) is 10.1. The largest absolute Gasteiger partial charge is 0.480 e. The van der Waals surface area contributed by atoms with E-state index in [1.165, 1.54) is 38.5 Å². The molecule has 4 unspecified atom stereocenters. The number of aliphatic carboxylic acids is 1. The number of benzene rings is 1. The Labute approximate surface area is 208 Å². The number of hydrogen-bond acceptors (Lipinski definition) is 8. The van der Waals surface area contributed by atoms with Gasteiger partial charge in [-0.2, -0.15) is 0 Å². The van der Waals surface area contributed by atoms with Crippen LogP contribution < -0.4 is 10.6 Å². The van der Waals surface area contributed by atoms with E-state index in [-0.39, 0.29) is 18.8 Å². The minimum atomic E-state index is -1.42. The van der Waals surface area contributed by atoms with Crippen LogP contribution in [0.4, 0.5) is 21.9 Å². The lowest BCUT2D eigenvalue weighted by atomic mass is 9.73. The predicted octanol–water partition coefficient (Wildman–Crippen LogP) is 4.34. The number of carbonyl (C=O) groups excluding carboxylic acids is 1. The molecule has 3 N–H and O–H groups in total. The van der Waals surface area contributed by atoms with Gasteiger partial charge in [-0.15, -0.1) is 0 Å². The first-order valence-electron chi connectivity index (χ1n) is 12.6. The molecule has 3 aliphatic rings. The van der Waals surface area contributed by atoms with Crippen molar-refractivity contribution in [2.75, 3.05) is 18.5 Å². The molecule has 36 heavy (non-hydrogen) atoms.